The van der Waals surface area contributed by atoms with Crippen LogP contribution in [-0.4, -0.2) is 21.6 Å². The number of aromatic nitrogens is 2. The third-order valence-electron chi connectivity index (χ3n) is 3.53. The first kappa shape index (κ1) is 16.9. The van der Waals surface area contributed by atoms with Crippen LogP contribution in [0.4, 0.5) is 10.3 Å². The number of aryl methyl sites for hydroxylation is 1. The summed E-state index contributed by atoms with van der Waals surface area (Å²) in [6.07, 6.45) is 1.53. The van der Waals surface area contributed by atoms with Gasteiger partial charge in [0.15, 0.2) is 0 Å². The zero-order valence-electron chi connectivity index (χ0n) is 13.9. The van der Waals surface area contributed by atoms with E-state index in [1.165, 1.54) is 30.5 Å². The molecular formula is C18H18FN3O3. The molecule has 0 bridgehead atoms. The Hall–Kier alpha value is -2.93. The molecule has 3 aromatic rings. The van der Waals surface area contributed by atoms with Crippen LogP contribution in [0.5, 0.6) is 11.6 Å². The van der Waals surface area contributed by atoms with Crippen molar-refractivity contribution in [2.45, 2.75) is 19.4 Å². The highest BCUT2D eigenvalue weighted by Gasteiger charge is 2.27. The van der Waals surface area contributed by atoms with Crippen molar-refractivity contribution in [1.82, 2.24) is 9.97 Å². The summed E-state index contributed by atoms with van der Waals surface area (Å²) in [6.45, 7) is 3.60. The summed E-state index contributed by atoms with van der Waals surface area (Å²) in [5.41, 5.74) is -1.22. The Morgan fingerprint density at radius 2 is 1.96 bits per heavy atom. The maximum atomic E-state index is 12.9. The van der Waals surface area contributed by atoms with Crippen molar-refractivity contribution in [2.24, 2.45) is 0 Å². The molecule has 0 aliphatic carbocycles. The van der Waals surface area contributed by atoms with Crippen LogP contribution in [0.1, 0.15) is 18.4 Å². The lowest BCUT2D eigenvalue weighted by Gasteiger charge is -2.21. The normalized spacial score (nSPS) is 13.3. The largest absolute Gasteiger partial charge is 0.463 e. The van der Waals surface area contributed by atoms with Gasteiger partial charge in [0.25, 0.3) is 0 Å². The van der Waals surface area contributed by atoms with E-state index >= 15 is 0 Å². The zero-order chi connectivity index (χ0) is 17.9. The molecule has 0 aliphatic heterocycles. The number of hydrogen-bond donors (Lipinski definition) is 2. The summed E-state index contributed by atoms with van der Waals surface area (Å²) in [4.78, 5) is 8.31. The van der Waals surface area contributed by atoms with Crippen LogP contribution in [0.2, 0.25) is 0 Å². The first-order valence-electron chi connectivity index (χ1n) is 7.72. The number of hydrogen-bond acceptors (Lipinski definition) is 6. The summed E-state index contributed by atoms with van der Waals surface area (Å²) >= 11 is 0. The van der Waals surface area contributed by atoms with Gasteiger partial charge in [-0.25, -0.2) is 9.37 Å². The Morgan fingerprint density at radius 3 is 2.64 bits per heavy atom. The van der Waals surface area contributed by atoms with Crippen molar-refractivity contribution >= 4 is 5.95 Å². The SMILES string of the molecule is Cc1ccc(C(C)(O)CNc2nccc(Oc3ccc(F)cc3)n2)o1. The molecule has 2 N–H and O–H groups in total. The van der Waals surface area contributed by atoms with Gasteiger partial charge in [-0.3, -0.25) is 0 Å². The highest BCUT2D eigenvalue weighted by molar-refractivity contribution is 5.32. The number of halogens is 1. The van der Waals surface area contributed by atoms with E-state index < -0.39 is 5.60 Å². The van der Waals surface area contributed by atoms with Gasteiger partial charge in [0.2, 0.25) is 11.8 Å². The van der Waals surface area contributed by atoms with E-state index in [9.17, 15) is 9.50 Å². The summed E-state index contributed by atoms with van der Waals surface area (Å²) in [7, 11) is 0. The molecule has 6 nitrogen and oxygen atoms in total. The van der Waals surface area contributed by atoms with E-state index in [1.807, 2.05) is 6.92 Å². The van der Waals surface area contributed by atoms with Gasteiger partial charge in [-0.05, 0) is 50.2 Å². The van der Waals surface area contributed by atoms with Gasteiger partial charge in [0.05, 0.1) is 6.54 Å². The van der Waals surface area contributed by atoms with E-state index in [0.717, 1.165) is 5.76 Å². The topological polar surface area (TPSA) is 80.4 Å². The fraction of sp³-hybridized carbons (Fsp3) is 0.222. The molecule has 1 atom stereocenters. The molecule has 0 saturated carbocycles. The molecule has 0 aliphatic rings. The van der Waals surface area contributed by atoms with E-state index in [0.29, 0.717) is 23.3 Å². The minimum atomic E-state index is -1.22. The second-order valence-corrected chi connectivity index (χ2v) is 5.81. The van der Waals surface area contributed by atoms with Crippen molar-refractivity contribution in [3.8, 4) is 11.6 Å². The van der Waals surface area contributed by atoms with E-state index in [-0.39, 0.29) is 12.4 Å². The first-order chi connectivity index (χ1) is 11.9. The van der Waals surface area contributed by atoms with Crippen LogP contribution in [-0.2, 0) is 5.60 Å². The van der Waals surface area contributed by atoms with Crippen LogP contribution >= 0.6 is 0 Å². The Kier molecular flexibility index (Phi) is 4.67. The number of nitrogens with one attached hydrogen (secondary N) is 1. The molecule has 1 unspecified atom stereocenters. The summed E-state index contributed by atoms with van der Waals surface area (Å²) in [6, 6.07) is 10.7. The second kappa shape index (κ2) is 6.90. The lowest BCUT2D eigenvalue weighted by molar-refractivity contribution is 0.0466. The van der Waals surface area contributed by atoms with Gasteiger partial charge in [0, 0.05) is 12.3 Å². The van der Waals surface area contributed by atoms with E-state index in [1.54, 1.807) is 25.1 Å². The lowest BCUT2D eigenvalue weighted by atomic mass is 10.0. The minimum Gasteiger partial charge on any atom is -0.463 e. The van der Waals surface area contributed by atoms with Crippen molar-refractivity contribution < 1.29 is 18.7 Å². The maximum Gasteiger partial charge on any atom is 0.226 e. The van der Waals surface area contributed by atoms with Crippen LogP contribution in [0.15, 0.2) is 53.1 Å². The van der Waals surface area contributed by atoms with Crippen molar-refractivity contribution in [2.75, 3.05) is 11.9 Å². The number of aliphatic hydroxyl groups is 1. The molecule has 0 saturated heterocycles. The van der Waals surface area contributed by atoms with Crippen molar-refractivity contribution in [3.63, 3.8) is 0 Å². The number of ether oxygens (including phenoxy) is 1. The van der Waals surface area contributed by atoms with Gasteiger partial charge in [-0.15, -0.1) is 0 Å². The molecule has 2 heterocycles. The van der Waals surface area contributed by atoms with Crippen LogP contribution < -0.4 is 10.1 Å². The molecule has 1 aromatic carbocycles. The quantitative estimate of drug-likeness (QED) is 0.711. The Balaban J connectivity index is 1.66. The molecule has 7 heteroatoms. The molecule has 2 aromatic heterocycles. The van der Waals surface area contributed by atoms with E-state index in [4.69, 9.17) is 9.15 Å². The summed E-state index contributed by atoms with van der Waals surface area (Å²) in [5, 5.41) is 13.5. The van der Waals surface area contributed by atoms with Crippen molar-refractivity contribution in [3.05, 3.63) is 66.0 Å². The van der Waals surface area contributed by atoms with Gasteiger partial charge in [0.1, 0.15) is 28.7 Å². The third kappa shape index (κ3) is 4.33. The minimum absolute atomic E-state index is 0.153. The fourth-order valence-corrected chi connectivity index (χ4v) is 2.17. The highest BCUT2D eigenvalue weighted by Crippen LogP contribution is 2.24. The monoisotopic (exact) mass is 343 g/mol. The Bertz CT molecular complexity index is 847. The van der Waals surface area contributed by atoms with Crippen molar-refractivity contribution in [1.29, 1.82) is 0 Å². The molecule has 130 valence electrons. The Morgan fingerprint density at radius 1 is 1.20 bits per heavy atom. The second-order valence-electron chi connectivity index (χ2n) is 5.81. The molecule has 0 fully saturated rings. The number of rotatable bonds is 6. The fourth-order valence-electron chi connectivity index (χ4n) is 2.17. The number of furan rings is 1. The predicted molar refractivity (Wildman–Crippen MR) is 90.0 cm³/mol. The smallest absolute Gasteiger partial charge is 0.226 e. The standard InChI is InChI=1S/C18H18FN3O3/c1-12-3-8-15(24-12)18(2,23)11-21-17-20-10-9-16(22-17)25-14-6-4-13(19)5-7-14/h3-10,23H,11H2,1-2H3,(H,20,21,22). The predicted octanol–water partition coefficient (Wildman–Crippen LogP) is 3.63. The molecule has 25 heavy (non-hydrogen) atoms. The number of benzene rings is 1. The number of nitrogens with zero attached hydrogens (tertiary/aromatic N) is 2. The third-order valence-corrected chi connectivity index (χ3v) is 3.53. The maximum absolute atomic E-state index is 12.9. The molecule has 0 spiro atoms. The van der Waals surface area contributed by atoms with Crippen LogP contribution in [0, 0.1) is 12.7 Å². The molecule has 0 radical (unpaired) electrons. The molecule has 0 amide bonds. The zero-order valence-corrected chi connectivity index (χ0v) is 13.9. The molecule has 3 rings (SSSR count). The number of anilines is 1. The lowest BCUT2D eigenvalue weighted by Crippen LogP contribution is -2.30. The molecular weight excluding hydrogens is 325 g/mol. The summed E-state index contributed by atoms with van der Waals surface area (Å²) < 4.78 is 23.9. The average Bonchev–Trinajstić information content (AvgIpc) is 3.03. The summed E-state index contributed by atoms with van der Waals surface area (Å²) in [5.74, 6) is 1.90. The Labute approximate surface area is 144 Å². The van der Waals surface area contributed by atoms with Gasteiger partial charge >= 0.3 is 0 Å². The van der Waals surface area contributed by atoms with Gasteiger partial charge in [-0.1, -0.05) is 0 Å². The highest BCUT2D eigenvalue weighted by atomic mass is 19.1. The van der Waals surface area contributed by atoms with E-state index in [2.05, 4.69) is 15.3 Å². The van der Waals surface area contributed by atoms with Gasteiger partial charge < -0.3 is 19.6 Å². The first-order valence-corrected chi connectivity index (χ1v) is 7.72. The van der Waals surface area contributed by atoms with Crippen LogP contribution in [0.25, 0.3) is 0 Å². The van der Waals surface area contributed by atoms with Crippen LogP contribution in [0.3, 0.4) is 0 Å². The average molecular weight is 343 g/mol. The van der Waals surface area contributed by atoms with Gasteiger partial charge in [-0.2, -0.15) is 4.98 Å².